The van der Waals surface area contributed by atoms with E-state index in [2.05, 4.69) is 5.32 Å². The summed E-state index contributed by atoms with van der Waals surface area (Å²) in [7, 11) is -4.00. The van der Waals surface area contributed by atoms with Crippen molar-refractivity contribution in [3.8, 4) is 0 Å². The summed E-state index contributed by atoms with van der Waals surface area (Å²) in [4.78, 5) is 13.2. The third-order valence-corrected chi connectivity index (χ3v) is 8.33. The summed E-state index contributed by atoms with van der Waals surface area (Å²) < 4.78 is 37.6. The van der Waals surface area contributed by atoms with Gasteiger partial charge in [0, 0.05) is 12.7 Å². The van der Waals surface area contributed by atoms with Gasteiger partial charge < -0.3 is 14.6 Å². The van der Waals surface area contributed by atoms with Gasteiger partial charge in [0.25, 0.3) is 5.91 Å². The predicted molar refractivity (Wildman–Crippen MR) is 141 cm³/mol. The molecule has 1 aliphatic heterocycles. The molecule has 1 N–H and O–H groups in total. The minimum atomic E-state index is -3.45. The average molecular weight is 493 g/mol. The van der Waals surface area contributed by atoms with Gasteiger partial charge in [-0.1, -0.05) is 42.0 Å². The van der Waals surface area contributed by atoms with Crippen LogP contribution in [0, 0.1) is 6.92 Å². The second kappa shape index (κ2) is 9.26. The van der Waals surface area contributed by atoms with Crippen molar-refractivity contribution in [1.29, 1.82) is 0 Å². The number of benzene rings is 3. The van der Waals surface area contributed by atoms with Gasteiger partial charge in [0.05, 0.1) is 21.9 Å². The second-order valence-electron chi connectivity index (χ2n) is 9.94. The van der Waals surface area contributed by atoms with Gasteiger partial charge in [-0.3, -0.25) is 4.79 Å². The van der Waals surface area contributed by atoms with Gasteiger partial charge in [-0.2, -0.15) is 0 Å². The van der Waals surface area contributed by atoms with Crippen LogP contribution in [0.25, 0.3) is 0 Å². The number of sulfone groups is 1. The van der Waals surface area contributed by atoms with Crippen LogP contribution in [-0.2, 0) is 24.9 Å². The van der Waals surface area contributed by atoms with Gasteiger partial charge in [0.1, 0.15) is 0 Å². The lowest BCUT2D eigenvalue weighted by Gasteiger charge is -2.32. The maximum Gasteiger partial charge on any atom is 0.494 e. The number of anilines is 1. The third-order valence-electron chi connectivity index (χ3n) is 6.62. The lowest BCUT2D eigenvalue weighted by atomic mass is 9.78. The number of hydrogen-bond donors (Lipinski definition) is 1. The number of hydrogen-bond acceptors (Lipinski definition) is 5. The van der Waals surface area contributed by atoms with E-state index in [4.69, 9.17) is 9.31 Å². The van der Waals surface area contributed by atoms with E-state index in [0.717, 1.165) is 11.0 Å². The maximum absolute atomic E-state index is 12.9. The molecule has 3 aromatic carbocycles. The molecule has 0 atom stereocenters. The van der Waals surface area contributed by atoms with Gasteiger partial charge >= 0.3 is 7.12 Å². The number of carbonyl (C=O) groups is 1. The maximum atomic E-state index is 12.9. The molecule has 0 saturated carbocycles. The van der Waals surface area contributed by atoms with E-state index >= 15 is 0 Å². The molecule has 0 radical (unpaired) electrons. The molecular formula is C27H32BNO5S. The zero-order chi connectivity index (χ0) is 25.4. The standard InChI is InChI=1S/C27H30BNO5S.H2/c1-19-9-15-24(16-10-19)35(31,32)18-20-11-13-23(14-12-20)29-25(30)21-7-6-8-22(17-21)28-33-26(2,3)27(4,5)34-28;/h6-17H,18H2,1-5H3,(H,29,30);1H. The van der Waals surface area contributed by atoms with E-state index in [0.29, 0.717) is 21.7 Å². The highest BCUT2D eigenvalue weighted by Crippen LogP contribution is 2.36. The Morgan fingerprint density at radius 3 is 2.11 bits per heavy atom. The Kier molecular flexibility index (Phi) is 6.66. The van der Waals surface area contributed by atoms with Crippen molar-refractivity contribution >= 4 is 34.0 Å². The van der Waals surface area contributed by atoms with Crippen LogP contribution in [0.4, 0.5) is 5.69 Å². The van der Waals surface area contributed by atoms with E-state index in [1.165, 1.54) is 0 Å². The molecule has 35 heavy (non-hydrogen) atoms. The zero-order valence-electron chi connectivity index (χ0n) is 20.7. The second-order valence-corrected chi connectivity index (χ2v) is 11.9. The first-order chi connectivity index (χ1) is 16.4. The number of amides is 1. The van der Waals surface area contributed by atoms with Crippen LogP contribution in [0.2, 0.25) is 0 Å². The number of carbonyl (C=O) groups excluding carboxylic acids is 1. The molecule has 0 aliphatic carbocycles. The lowest BCUT2D eigenvalue weighted by Crippen LogP contribution is -2.41. The Balaban J connectivity index is 0.00000361. The molecule has 1 aliphatic rings. The molecule has 1 saturated heterocycles. The molecule has 1 amide bonds. The zero-order valence-corrected chi connectivity index (χ0v) is 21.5. The summed E-state index contributed by atoms with van der Waals surface area (Å²) in [6.07, 6.45) is 0. The van der Waals surface area contributed by atoms with E-state index in [9.17, 15) is 13.2 Å². The molecule has 0 aromatic heterocycles. The first kappa shape index (κ1) is 25.2. The van der Waals surface area contributed by atoms with Gasteiger partial charge in [0.2, 0.25) is 0 Å². The van der Waals surface area contributed by atoms with E-state index in [-0.39, 0.29) is 13.1 Å². The lowest BCUT2D eigenvalue weighted by molar-refractivity contribution is 0.00578. The molecule has 184 valence electrons. The summed E-state index contributed by atoms with van der Waals surface area (Å²) in [5.74, 6) is -0.385. The van der Waals surface area contributed by atoms with E-state index in [1.54, 1.807) is 66.7 Å². The van der Waals surface area contributed by atoms with Crippen LogP contribution in [0.3, 0.4) is 0 Å². The van der Waals surface area contributed by atoms with E-state index in [1.807, 2.05) is 40.7 Å². The van der Waals surface area contributed by atoms with Crippen LogP contribution in [0.15, 0.2) is 77.7 Å². The fraction of sp³-hybridized carbons (Fsp3) is 0.296. The van der Waals surface area contributed by atoms with Crippen LogP contribution >= 0.6 is 0 Å². The van der Waals surface area contributed by atoms with E-state index < -0.39 is 28.2 Å². The largest absolute Gasteiger partial charge is 0.494 e. The summed E-state index contributed by atoms with van der Waals surface area (Å²) in [6.45, 7) is 9.86. The Labute approximate surface area is 209 Å². The van der Waals surface area contributed by atoms with Crippen molar-refractivity contribution in [1.82, 2.24) is 0 Å². The van der Waals surface area contributed by atoms with Gasteiger partial charge in [-0.25, -0.2) is 8.42 Å². The molecular weight excluding hydrogens is 461 g/mol. The first-order valence-electron chi connectivity index (χ1n) is 11.5. The molecule has 6 nitrogen and oxygen atoms in total. The predicted octanol–water partition coefficient (Wildman–Crippen LogP) is 4.77. The monoisotopic (exact) mass is 493 g/mol. The van der Waals surface area contributed by atoms with Crippen LogP contribution < -0.4 is 10.8 Å². The fourth-order valence-corrected chi connectivity index (χ4v) is 5.09. The quantitative estimate of drug-likeness (QED) is 0.501. The van der Waals surface area contributed by atoms with Crippen molar-refractivity contribution in [2.24, 2.45) is 0 Å². The minimum absolute atomic E-state index is 0. The highest BCUT2D eigenvalue weighted by atomic mass is 32.2. The summed E-state index contributed by atoms with van der Waals surface area (Å²) in [6, 6.07) is 20.8. The Morgan fingerprint density at radius 1 is 0.914 bits per heavy atom. The van der Waals surface area contributed by atoms with Gasteiger partial charge in [-0.15, -0.1) is 0 Å². The highest BCUT2D eigenvalue weighted by Gasteiger charge is 2.51. The molecule has 8 heteroatoms. The number of aryl methyl sites for hydroxylation is 1. The number of rotatable bonds is 6. The smallest absolute Gasteiger partial charge is 0.399 e. The summed E-state index contributed by atoms with van der Waals surface area (Å²) in [5.41, 5.74) is 2.54. The molecule has 0 unspecified atom stereocenters. The van der Waals surface area contributed by atoms with Crippen molar-refractivity contribution in [2.75, 3.05) is 5.32 Å². The Bertz CT molecular complexity index is 1320. The SMILES string of the molecule is Cc1ccc(S(=O)(=O)Cc2ccc(NC(=O)c3cccc(B4OC(C)(C)C(C)(C)O4)c3)cc2)cc1.[HH]. The molecule has 0 bridgehead atoms. The normalized spacial score (nSPS) is 16.8. The van der Waals surface area contributed by atoms with Gasteiger partial charge in [-0.05, 0) is 82.0 Å². The molecule has 0 spiro atoms. The van der Waals surface area contributed by atoms with Crippen molar-refractivity contribution in [3.05, 3.63) is 89.5 Å². The molecule has 1 fully saturated rings. The number of nitrogens with one attached hydrogen (secondary N) is 1. The Hall–Kier alpha value is -2.94. The minimum Gasteiger partial charge on any atom is -0.399 e. The van der Waals surface area contributed by atoms with Crippen molar-refractivity contribution in [2.45, 2.75) is 56.5 Å². The molecule has 1 heterocycles. The van der Waals surface area contributed by atoms with Crippen LogP contribution in [-0.4, -0.2) is 32.6 Å². The van der Waals surface area contributed by atoms with Gasteiger partial charge in [0.15, 0.2) is 9.84 Å². The van der Waals surface area contributed by atoms with Crippen LogP contribution in [0.5, 0.6) is 0 Å². The molecule has 4 rings (SSSR count). The topological polar surface area (TPSA) is 81.7 Å². The third kappa shape index (κ3) is 5.50. The highest BCUT2D eigenvalue weighted by molar-refractivity contribution is 7.90. The average Bonchev–Trinajstić information content (AvgIpc) is 3.02. The Morgan fingerprint density at radius 2 is 1.51 bits per heavy atom. The first-order valence-corrected chi connectivity index (χ1v) is 13.2. The summed E-state index contributed by atoms with van der Waals surface area (Å²) in [5, 5.41) is 2.87. The fourth-order valence-electron chi connectivity index (χ4n) is 3.74. The summed E-state index contributed by atoms with van der Waals surface area (Å²) >= 11 is 0. The van der Waals surface area contributed by atoms with Crippen molar-refractivity contribution in [3.63, 3.8) is 0 Å². The molecule has 3 aromatic rings. The van der Waals surface area contributed by atoms with Crippen LogP contribution in [0.1, 0.15) is 50.6 Å². The van der Waals surface area contributed by atoms with Crippen molar-refractivity contribution < 1.29 is 23.9 Å².